The molecular formula is C13H11NO2S2. The highest BCUT2D eigenvalue weighted by atomic mass is 32.2. The highest BCUT2D eigenvalue weighted by molar-refractivity contribution is 7.91. The third kappa shape index (κ3) is 2.30. The third-order valence-electron chi connectivity index (χ3n) is 2.59. The molecule has 18 heavy (non-hydrogen) atoms. The Kier molecular flexibility index (Phi) is 3.50. The Hall–Kier alpha value is -1.64. The molecule has 1 aromatic carbocycles. The average Bonchev–Trinajstić information content (AvgIpc) is 2.84. The molecule has 0 radical (unpaired) electrons. The van der Waals surface area contributed by atoms with Crippen LogP contribution in [-0.4, -0.2) is 8.42 Å². The van der Waals surface area contributed by atoms with Crippen molar-refractivity contribution >= 4 is 21.2 Å². The van der Waals surface area contributed by atoms with Crippen LogP contribution in [0, 0.1) is 13.5 Å². The lowest BCUT2D eigenvalue weighted by molar-refractivity contribution is 0.590. The maximum atomic E-state index is 12.4. The van der Waals surface area contributed by atoms with Gasteiger partial charge >= 0.3 is 5.37 Å². The van der Waals surface area contributed by atoms with Crippen molar-refractivity contribution in [2.45, 2.75) is 17.2 Å². The number of aryl methyl sites for hydroxylation is 1. The van der Waals surface area contributed by atoms with Crippen LogP contribution >= 0.6 is 11.3 Å². The topological polar surface area (TPSA) is 38.5 Å². The van der Waals surface area contributed by atoms with Crippen LogP contribution in [0.2, 0.25) is 0 Å². The summed E-state index contributed by atoms with van der Waals surface area (Å²) in [5, 5.41) is 2.33. The van der Waals surface area contributed by atoms with Crippen LogP contribution in [0.5, 0.6) is 0 Å². The molecule has 1 aromatic heterocycles. The standard InChI is InChI=1S/C13H11NO2S2/c1-10-3-5-12(6-4-10)18(15,16)13(14-2)11-7-8-17-9-11/h3-9,13H,1H3/t13-/m1/s1. The predicted molar refractivity (Wildman–Crippen MR) is 72.0 cm³/mol. The fourth-order valence-corrected chi connectivity index (χ4v) is 3.78. The zero-order valence-electron chi connectivity index (χ0n) is 9.70. The van der Waals surface area contributed by atoms with E-state index in [-0.39, 0.29) is 4.90 Å². The molecule has 0 spiro atoms. The predicted octanol–water partition coefficient (Wildman–Crippen LogP) is 3.45. The van der Waals surface area contributed by atoms with Gasteiger partial charge in [0, 0.05) is 5.38 Å². The molecule has 0 aliphatic carbocycles. The number of benzene rings is 1. The van der Waals surface area contributed by atoms with Crippen molar-refractivity contribution in [1.29, 1.82) is 0 Å². The molecule has 0 unspecified atom stereocenters. The lowest BCUT2D eigenvalue weighted by atomic mass is 10.2. The Morgan fingerprint density at radius 2 is 1.89 bits per heavy atom. The third-order valence-corrected chi connectivity index (χ3v) is 5.19. The van der Waals surface area contributed by atoms with E-state index >= 15 is 0 Å². The Morgan fingerprint density at radius 3 is 2.39 bits per heavy atom. The van der Waals surface area contributed by atoms with E-state index in [4.69, 9.17) is 6.57 Å². The summed E-state index contributed by atoms with van der Waals surface area (Å²) >= 11 is 1.39. The molecule has 2 rings (SSSR count). The van der Waals surface area contributed by atoms with Crippen LogP contribution in [0.4, 0.5) is 0 Å². The summed E-state index contributed by atoms with van der Waals surface area (Å²) in [5.41, 5.74) is 1.53. The maximum absolute atomic E-state index is 12.4. The van der Waals surface area contributed by atoms with Crippen molar-refractivity contribution in [3.63, 3.8) is 0 Å². The molecule has 92 valence electrons. The molecule has 0 aliphatic heterocycles. The Bertz CT molecular complexity index is 665. The lowest BCUT2D eigenvalue weighted by Crippen LogP contribution is -2.09. The fraction of sp³-hybridized carbons (Fsp3) is 0.154. The molecule has 5 heteroatoms. The summed E-state index contributed by atoms with van der Waals surface area (Å²) in [7, 11) is -3.64. The molecule has 0 N–H and O–H groups in total. The second kappa shape index (κ2) is 4.92. The molecule has 0 fully saturated rings. The van der Waals surface area contributed by atoms with Crippen LogP contribution in [-0.2, 0) is 9.84 Å². The molecule has 0 bridgehead atoms. The molecule has 0 aliphatic rings. The maximum Gasteiger partial charge on any atom is 0.351 e. The second-order valence-electron chi connectivity index (χ2n) is 3.90. The van der Waals surface area contributed by atoms with Gasteiger partial charge in [-0.1, -0.05) is 17.7 Å². The van der Waals surface area contributed by atoms with E-state index in [2.05, 4.69) is 4.85 Å². The zero-order chi connectivity index (χ0) is 13.2. The van der Waals surface area contributed by atoms with E-state index in [1.165, 1.54) is 11.3 Å². The molecule has 0 saturated heterocycles. The monoisotopic (exact) mass is 277 g/mol. The summed E-state index contributed by atoms with van der Waals surface area (Å²) in [5.74, 6) is 0. The van der Waals surface area contributed by atoms with Gasteiger partial charge in [0.2, 0.25) is 0 Å². The minimum absolute atomic E-state index is 0.195. The van der Waals surface area contributed by atoms with Gasteiger partial charge < -0.3 is 0 Å². The van der Waals surface area contributed by atoms with Crippen LogP contribution in [0.15, 0.2) is 46.0 Å². The van der Waals surface area contributed by atoms with Crippen molar-refractivity contribution in [2.24, 2.45) is 0 Å². The van der Waals surface area contributed by atoms with E-state index in [1.807, 2.05) is 6.92 Å². The Morgan fingerprint density at radius 1 is 1.22 bits per heavy atom. The van der Waals surface area contributed by atoms with Crippen molar-refractivity contribution < 1.29 is 8.42 Å². The van der Waals surface area contributed by atoms with Crippen molar-refractivity contribution in [1.82, 2.24) is 0 Å². The normalized spacial score (nSPS) is 12.9. The molecule has 1 heterocycles. The highest BCUT2D eigenvalue weighted by Crippen LogP contribution is 2.31. The minimum Gasteiger partial charge on any atom is -0.291 e. The SMILES string of the molecule is [C-]#[N+][C@@H](c1ccsc1)S(=O)(=O)c1ccc(C)cc1. The zero-order valence-corrected chi connectivity index (χ0v) is 11.3. The number of hydrogen-bond acceptors (Lipinski definition) is 3. The molecule has 1 atom stereocenters. The number of sulfone groups is 1. The minimum atomic E-state index is -3.64. The van der Waals surface area contributed by atoms with Gasteiger partial charge in [-0.15, -0.1) is 0 Å². The van der Waals surface area contributed by atoms with Gasteiger partial charge in [-0.3, -0.25) is 4.85 Å². The Labute approximate surface area is 110 Å². The van der Waals surface area contributed by atoms with Crippen LogP contribution < -0.4 is 0 Å². The van der Waals surface area contributed by atoms with E-state index in [1.54, 1.807) is 41.1 Å². The molecule has 3 nitrogen and oxygen atoms in total. The second-order valence-corrected chi connectivity index (χ2v) is 6.68. The average molecular weight is 277 g/mol. The summed E-state index contributed by atoms with van der Waals surface area (Å²) in [6.45, 7) is 9.02. The largest absolute Gasteiger partial charge is 0.351 e. The number of rotatable bonds is 3. The number of hydrogen-bond donors (Lipinski definition) is 0. The fourth-order valence-electron chi connectivity index (χ4n) is 1.60. The molecule has 0 saturated carbocycles. The quantitative estimate of drug-likeness (QED) is 0.806. The van der Waals surface area contributed by atoms with Gasteiger partial charge in [-0.2, -0.15) is 11.3 Å². The molecule has 0 amide bonds. The van der Waals surface area contributed by atoms with Gasteiger partial charge in [0.25, 0.3) is 9.84 Å². The lowest BCUT2D eigenvalue weighted by Gasteiger charge is -2.06. The van der Waals surface area contributed by atoms with Gasteiger partial charge in [0.05, 0.1) is 10.5 Å². The van der Waals surface area contributed by atoms with Crippen LogP contribution in [0.25, 0.3) is 4.85 Å². The first-order chi connectivity index (χ1) is 8.55. The van der Waals surface area contributed by atoms with Crippen LogP contribution in [0.3, 0.4) is 0 Å². The van der Waals surface area contributed by atoms with E-state index in [9.17, 15) is 8.42 Å². The summed E-state index contributed by atoms with van der Waals surface area (Å²) in [4.78, 5) is 3.46. The first-order valence-electron chi connectivity index (χ1n) is 5.25. The van der Waals surface area contributed by atoms with Crippen molar-refractivity contribution in [3.05, 3.63) is 63.6 Å². The smallest absolute Gasteiger partial charge is 0.291 e. The molecule has 2 aromatic rings. The van der Waals surface area contributed by atoms with Gasteiger partial charge in [-0.25, -0.2) is 15.0 Å². The van der Waals surface area contributed by atoms with Crippen LogP contribution in [0.1, 0.15) is 16.5 Å². The van der Waals surface area contributed by atoms with E-state index < -0.39 is 15.2 Å². The molecular weight excluding hydrogens is 266 g/mol. The highest BCUT2D eigenvalue weighted by Gasteiger charge is 2.34. The summed E-state index contributed by atoms with van der Waals surface area (Å²) in [6.07, 6.45) is 0. The van der Waals surface area contributed by atoms with Crippen molar-refractivity contribution in [3.8, 4) is 0 Å². The number of nitrogens with zero attached hydrogens (tertiary/aromatic N) is 1. The first-order valence-corrected chi connectivity index (χ1v) is 7.74. The van der Waals surface area contributed by atoms with Gasteiger partial charge in [0.15, 0.2) is 0 Å². The van der Waals surface area contributed by atoms with E-state index in [0.29, 0.717) is 5.56 Å². The van der Waals surface area contributed by atoms with E-state index in [0.717, 1.165) is 5.56 Å². The van der Waals surface area contributed by atoms with Gasteiger partial charge in [0.1, 0.15) is 0 Å². The van der Waals surface area contributed by atoms with Crippen molar-refractivity contribution in [2.75, 3.05) is 0 Å². The Balaban J connectivity index is 2.48. The summed E-state index contributed by atoms with van der Waals surface area (Å²) in [6, 6.07) is 8.26. The first kappa shape index (κ1) is 12.8. The summed E-state index contributed by atoms with van der Waals surface area (Å²) < 4.78 is 24.7. The number of thiophene rings is 1. The van der Waals surface area contributed by atoms with Gasteiger partial charge in [-0.05, 0) is 30.5 Å².